The number of aromatic nitrogens is 2. The Labute approximate surface area is 134 Å². The van der Waals surface area contributed by atoms with Crippen molar-refractivity contribution in [2.75, 3.05) is 0 Å². The molecule has 1 aromatic rings. The fraction of sp³-hybridized carbons (Fsp3) is 0.714. The van der Waals surface area contributed by atoms with Gasteiger partial charge in [0.05, 0.1) is 17.6 Å². The van der Waals surface area contributed by atoms with Gasteiger partial charge in [-0.15, -0.1) is 0 Å². The smallest absolute Gasteiger partial charge is 0.214 e. The lowest BCUT2D eigenvalue weighted by molar-refractivity contribution is 0.176. The minimum Gasteiger partial charge on any atom is -0.407 e. The lowest BCUT2D eigenvalue weighted by atomic mass is 10.2. The molecule has 0 aliphatic rings. The highest BCUT2D eigenvalue weighted by molar-refractivity contribution is 7.89. The first kappa shape index (κ1) is 19.2. The van der Waals surface area contributed by atoms with Crippen molar-refractivity contribution in [3.63, 3.8) is 0 Å². The van der Waals surface area contributed by atoms with Crippen molar-refractivity contribution < 1.29 is 12.8 Å². The van der Waals surface area contributed by atoms with Crippen LogP contribution < -0.4 is 5.14 Å². The van der Waals surface area contributed by atoms with E-state index in [-0.39, 0.29) is 5.04 Å². The SMILES string of the molecule is Cc1cnc(C(O[Si](C)(C)C(C)(C)C)[C@@H](C)S(N)(=O)=O)cn1. The molecule has 0 aromatic carbocycles. The number of aryl methyl sites for hydroxylation is 1. The van der Waals surface area contributed by atoms with Crippen LogP contribution in [0, 0.1) is 6.92 Å². The summed E-state index contributed by atoms with van der Waals surface area (Å²) in [6, 6.07) is 0. The summed E-state index contributed by atoms with van der Waals surface area (Å²) in [5, 5.41) is 4.39. The van der Waals surface area contributed by atoms with Gasteiger partial charge >= 0.3 is 0 Å². The van der Waals surface area contributed by atoms with Crippen molar-refractivity contribution in [3.8, 4) is 0 Å². The molecule has 0 amide bonds. The Morgan fingerprint density at radius 3 is 2.14 bits per heavy atom. The minimum absolute atomic E-state index is 0.0541. The topological polar surface area (TPSA) is 95.2 Å². The first-order chi connectivity index (χ1) is 9.75. The zero-order valence-corrected chi connectivity index (χ0v) is 16.2. The number of nitrogens with two attached hydrogens (primary N) is 1. The van der Waals surface area contributed by atoms with E-state index in [1.807, 2.05) is 6.92 Å². The third-order valence-electron chi connectivity index (χ3n) is 4.26. The average molecular weight is 346 g/mol. The van der Waals surface area contributed by atoms with Crippen molar-refractivity contribution in [2.45, 2.75) is 64.1 Å². The molecule has 0 spiro atoms. The molecule has 126 valence electrons. The zero-order chi connectivity index (χ0) is 17.3. The van der Waals surface area contributed by atoms with Gasteiger partial charge in [-0.2, -0.15) is 0 Å². The Hall–Kier alpha value is -0.833. The van der Waals surface area contributed by atoms with E-state index in [0.29, 0.717) is 5.69 Å². The maximum Gasteiger partial charge on any atom is 0.214 e. The predicted molar refractivity (Wildman–Crippen MR) is 90.4 cm³/mol. The summed E-state index contributed by atoms with van der Waals surface area (Å²) in [7, 11) is -5.94. The van der Waals surface area contributed by atoms with E-state index in [4.69, 9.17) is 9.56 Å². The third kappa shape index (κ3) is 4.58. The number of nitrogens with zero attached hydrogens (tertiary/aromatic N) is 2. The van der Waals surface area contributed by atoms with Crippen molar-refractivity contribution >= 4 is 18.3 Å². The summed E-state index contributed by atoms with van der Waals surface area (Å²) in [6.45, 7) is 13.8. The highest BCUT2D eigenvalue weighted by Gasteiger charge is 2.42. The molecule has 0 saturated heterocycles. The average Bonchev–Trinajstić information content (AvgIpc) is 2.34. The Bertz CT molecular complexity index is 609. The van der Waals surface area contributed by atoms with E-state index in [2.05, 4.69) is 43.8 Å². The summed E-state index contributed by atoms with van der Waals surface area (Å²) in [4.78, 5) is 8.49. The second-order valence-corrected chi connectivity index (χ2v) is 13.9. The summed E-state index contributed by atoms with van der Waals surface area (Å²) in [6.07, 6.45) is 2.45. The fourth-order valence-electron chi connectivity index (χ4n) is 1.61. The largest absolute Gasteiger partial charge is 0.407 e. The van der Waals surface area contributed by atoms with Crippen LogP contribution >= 0.6 is 0 Å². The van der Waals surface area contributed by atoms with Gasteiger partial charge in [-0.05, 0) is 32.0 Å². The van der Waals surface area contributed by atoms with Crippen LogP contribution in [0.1, 0.15) is 45.2 Å². The van der Waals surface area contributed by atoms with E-state index in [9.17, 15) is 8.42 Å². The van der Waals surface area contributed by atoms with E-state index >= 15 is 0 Å². The van der Waals surface area contributed by atoms with Crippen molar-refractivity contribution in [3.05, 3.63) is 23.8 Å². The molecule has 0 fully saturated rings. The second kappa shape index (κ2) is 6.35. The zero-order valence-electron chi connectivity index (χ0n) is 14.4. The van der Waals surface area contributed by atoms with Crippen molar-refractivity contribution in [1.82, 2.24) is 9.97 Å². The molecule has 0 radical (unpaired) electrons. The highest BCUT2D eigenvalue weighted by atomic mass is 32.2. The molecule has 0 saturated carbocycles. The maximum atomic E-state index is 11.8. The Morgan fingerprint density at radius 1 is 1.23 bits per heavy atom. The lowest BCUT2D eigenvalue weighted by Crippen LogP contribution is -2.45. The van der Waals surface area contributed by atoms with Gasteiger partial charge in [-0.25, -0.2) is 13.6 Å². The van der Waals surface area contributed by atoms with E-state index in [1.165, 1.54) is 0 Å². The van der Waals surface area contributed by atoms with E-state index in [1.54, 1.807) is 19.3 Å². The molecule has 8 heteroatoms. The van der Waals surface area contributed by atoms with Gasteiger partial charge in [0.1, 0.15) is 11.4 Å². The predicted octanol–water partition coefficient (Wildman–Crippen LogP) is 2.52. The van der Waals surface area contributed by atoms with Crippen LogP contribution in [0.4, 0.5) is 0 Å². The quantitative estimate of drug-likeness (QED) is 0.827. The van der Waals surface area contributed by atoms with Crippen LogP contribution in [0.25, 0.3) is 0 Å². The molecule has 22 heavy (non-hydrogen) atoms. The second-order valence-electron chi connectivity index (χ2n) is 7.18. The van der Waals surface area contributed by atoms with Gasteiger partial charge in [0.15, 0.2) is 8.32 Å². The molecule has 2 N–H and O–H groups in total. The molecule has 0 aliphatic carbocycles. The normalized spacial score (nSPS) is 16.4. The molecule has 0 aliphatic heterocycles. The minimum atomic E-state index is -3.75. The molecular formula is C14H27N3O3SSi. The Morgan fingerprint density at radius 2 is 1.77 bits per heavy atom. The van der Waals surface area contributed by atoms with Crippen LogP contribution in [0.2, 0.25) is 18.1 Å². The van der Waals surface area contributed by atoms with Crippen molar-refractivity contribution in [2.24, 2.45) is 5.14 Å². The van der Waals surface area contributed by atoms with Crippen LogP contribution in [0.15, 0.2) is 12.4 Å². The number of hydrogen-bond donors (Lipinski definition) is 1. The number of sulfonamides is 1. The van der Waals surface area contributed by atoms with Gasteiger partial charge < -0.3 is 4.43 Å². The molecule has 1 unspecified atom stereocenters. The lowest BCUT2D eigenvalue weighted by Gasteiger charge is -2.40. The molecule has 1 aromatic heterocycles. The van der Waals surface area contributed by atoms with Gasteiger partial charge in [0.2, 0.25) is 10.0 Å². The van der Waals surface area contributed by atoms with Crippen LogP contribution in [0.3, 0.4) is 0 Å². The number of hydrogen-bond acceptors (Lipinski definition) is 5. The Kier molecular flexibility index (Phi) is 5.54. The summed E-state index contributed by atoms with van der Waals surface area (Å²) < 4.78 is 29.9. The van der Waals surface area contributed by atoms with Crippen LogP contribution in [-0.4, -0.2) is 32.0 Å². The van der Waals surface area contributed by atoms with Crippen LogP contribution in [0.5, 0.6) is 0 Å². The van der Waals surface area contributed by atoms with Gasteiger partial charge in [-0.3, -0.25) is 9.97 Å². The van der Waals surface area contributed by atoms with E-state index in [0.717, 1.165) is 5.69 Å². The number of rotatable bonds is 5. The molecule has 0 bridgehead atoms. The van der Waals surface area contributed by atoms with Gasteiger partial charge in [0.25, 0.3) is 0 Å². The summed E-state index contributed by atoms with van der Waals surface area (Å²) >= 11 is 0. The monoisotopic (exact) mass is 345 g/mol. The van der Waals surface area contributed by atoms with E-state index < -0.39 is 29.7 Å². The molecule has 6 nitrogen and oxygen atoms in total. The van der Waals surface area contributed by atoms with Gasteiger partial charge in [0, 0.05) is 6.20 Å². The third-order valence-corrected chi connectivity index (χ3v) is 10.0. The Balaban J connectivity index is 3.27. The first-order valence-electron chi connectivity index (χ1n) is 7.23. The summed E-state index contributed by atoms with van der Waals surface area (Å²) in [5.41, 5.74) is 1.26. The van der Waals surface area contributed by atoms with Crippen molar-refractivity contribution in [1.29, 1.82) is 0 Å². The number of primary sulfonamides is 1. The summed E-state index contributed by atoms with van der Waals surface area (Å²) in [5.74, 6) is 0. The standard InChI is InChI=1S/C14H27N3O3SSi/c1-10-8-17-12(9-16-10)13(11(2)21(15,18)19)20-22(6,7)14(3,4)5/h8-9,11,13H,1-7H3,(H2,15,18,19)/t11-,13?/m1/s1. The molecule has 1 heterocycles. The first-order valence-corrected chi connectivity index (χ1v) is 11.8. The van der Waals surface area contributed by atoms with Gasteiger partial charge in [-0.1, -0.05) is 20.8 Å². The van der Waals surface area contributed by atoms with Crippen LogP contribution in [-0.2, 0) is 14.4 Å². The molecular weight excluding hydrogens is 318 g/mol. The molecule has 2 atom stereocenters. The fourth-order valence-corrected chi connectivity index (χ4v) is 3.56. The molecule has 1 rings (SSSR count). The maximum absolute atomic E-state index is 11.8. The highest BCUT2D eigenvalue weighted by Crippen LogP contribution is 2.40.